The Morgan fingerprint density at radius 1 is 0.900 bits per heavy atom. The lowest BCUT2D eigenvalue weighted by molar-refractivity contribution is 0.263. The molecule has 0 bridgehead atoms. The van der Waals surface area contributed by atoms with Gasteiger partial charge < -0.3 is 4.74 Å². The van der Waals surface area contributed by atoms with Gasteiger partial charge in [-0.1, -0.05) is 12.1 Å². The summed E-state index contributed by atoms with van der Waals surface area (Å²) < 4.78 is 55.9. The predicted octanol–water partition coefficient (Wildman–Crippen LogP) is 3.52. The highest BCUT2D eigenvalue weighted by Crippen LogP contribution is 2.27. The maximum Gasteiger partial charge on any atom is 0.243 e. The Hall–Kier alpha value is -1.90. The third-order valence-electron chi connectivity index (χ3n) is 5.54. The summed E-state index contributed by atoms with van der Waals surface area (Å²) in [5, 5.41) is 0. The van der Waals surface area contributed by atoms with Crippen molar-refractivity contribution in [2.75, 3.05) is 26.0 Å². The molecule has 1 heterocycles. The number of piperidine rings is 1. The fraction of sp³-hybridized carbons (Fsp3) is 0.455. The van der Waals surface area contributed by atoms with E-state index in [4.69, 9.17) is 4.74 Å². The zero-order chi connectivity index (χ0) is 21.8. The van der Waals surface area contributed by atoms with Crippen LogP contribution in [0.15, 0.2) is 58.3 Å². The van der Waals surface area contributed by atoms with Gasteiger partial charge in [-0.25, -0.2) is 16.8 Å². The number of hydrogen-bond acceptors (Lipinski definition) is 5. The van der Waals surface area contributed by atoms with Gasteiger partial charge in [0.05, 0.1) is 16.4 Å². The molecule has 164 valence electrons. The number of sulfonamides is 1. The highest BCUT2D eigenvalue weighted by molar-refractivity contribution is 7.90. The maximum atomic E-state index is 12.9. The SMILES string of the molecule is CCOc1ccc(CCC2CCN(S(=O)(=O)c3ccc(S(C)(=O)=O)cc3)CC2)cc1. The molecule has 1 aliphatic heterocycles. The molecular weight excluding hydrogens is 422 g/mol. The second-order valence-corrected chi connectivity index (χ2v) is 11.7. The van der Waals surface area contributed by atoms with Crippen LogP contribution in [0.25, 0.3) is 0 Å². The zero-order valence-corrected chi connectivity index (χ0v) is 19.1. The molecule has 0 unspecified atom stereocenters. The van der Waals surface area contributed by atoms with Gasteiger partial charge in [-0.3, -0.25) is 0 Å². The van der Waals surface area contributed by atoms with Crippen LogP contribution in [0.2, 0.25) is 0 Å². The van der Waals surface area contributed by atoms with Crippen molar-refractivity contribution >= 4 is 19.9 Å². The molecule has 2 aromatic carbocycles. The number of rotatable bonds is 8. The van der Waals surface area contributed by atoms with E-state index in [1.165, 1.54) is 34.1 Å². The number of nitrogens with zero attached hydrogens (tertiary/aromatic N) is 1. The third kappa shape index (κ3) is 5.62. The Bertz CT molecular complexity index is 1040. The fourth-order valence-corrected chi connectivity index (χ4v) is 5.84. The number of benzene rings is 2. The minimum Gasteiger partial charge on any atom is -0.494 e. The van der Waals surface area contributed by atoms with Crippen molar-refractivity contribution in [3.8, 4) is 5.75 Å². The topological polar surface area (TPSA) is 80.8 Å². The summed E-state index contributed by atoms with van der Waals surface area (Å²) in [6.45, 7) is 3.60. The van der Waals surface area contributed by atoms with Gasteiger partial charge in [-0.2, -0.15) is 4.31 Å². The van der Waals surface area contributed by atoms with E-state index in [0.29, 0.717) is 25.6 Å². The van der Waals surface area contributed by atoms with Gasteiger partial charge in [0.2, 0.25) is 10.0 Å². The monoisotopic (exact) mass is 451 g/mol. The Morgan fingerprint density at radius 3 is 2.00 bits per heavy atom. The quantitative estimate of drug-likeness (QED) is 0.613. The van der Waals surface area contributed by atoms with Gasteiger partial charge in [-0.05, 0) is 80.5 Å². The first-order chi connectivity index (χ1) is 14.2. The second kappa shape index (κ2) is 9.49. The Balaban J connectivity index is 1.54. The summed E-state index contributed by atoms with van der Waals surface area (Å²) in [4.78, 5) is 0.261. The molecule has 0 atom stereocenters. The lowest BCUT2D eigenvalue weighted by atomic mass is 9.91. The summed E-state index contributed by atoms with van der Waals surface area (Å²) in [6, 6.07) is 13.6. The number of aryl methyl sites for hydroxylation is 1. The molecule has 0 amide bonds. The second-order valence-electron chi connectivity index (χ2n) is 7.71. The van der Waals surface area contributed by atoms with Crippen LogP contribution in [-0.2, 0) is 26.3 Å². The van der Waals surface area contributed by atoms with Crippen molar-refractivity contribution in [3.05, 3.63) is 54.1 Å². The molecule has 8 heteroatoms. The van der Waals surface area contributed by atoms with Crippen LogP contribution in [-0.4, -0.2) is 47.1 Å². The maximum absolute atomic E-state index is 12.9. The van der Waals surface area contributed by atoms with Crippen LogP contribution < -0.4 is 4.74 Å². The molecule has 0 aromatic heterocycles. The van der Waals surface area contributed by atoms with Crippen molar-refractivity contribution in [3.63, 3.8) is 0 Å². The van der Waals surface area contributed by atoms with E-state index in [0.717, 1.165) is 37.7 Å². The van der Waals surface area contributed by atoms with Crippen molar-refractivity contribution < 1.29 is 21.6 Å². The lowest BCUT2D eigenvalue weighted by Crippen LogP contribution is -2.38. The summed E-state index contributed by atoms with van der Waals surface area (Å²) in [5.41, 5.74) is 1.26. The van der Waals surface area contributed by atoms with E-state index in [-0.39, 0.29) is 9.79 Å². The van der Waals surface area contributed by atoms with E-state index in [1.807, 2.05) is 19.1 Å². The van der Waals surface area contributed by atoms with Gasteiger partial charge in [0, 0.05) is 19.3 Å². The first-order valence-corrected chi connectivity index (χ1v) is 13.6. The average molecular weight is 452 g/mol. The average Bonchev–Trinajstić information content (AvgIpc) is 2.73. The molecule has 0 radical (unpaired) electrons. The first-order valence-electron chi connectivity index (χ1n) is 10.2. The van der Waals surface area contributed by atoms with Gasteiger partial charge in [0.15, 0.2) is 9.84 Å². The zero-order valence-electron chi connectivity index (χ0n) is 17.5. The highest BCUT2D eigenvalue weighted by Gasteiger charge is 2.29. The first kappa shape index (κ1) is 22.8. The molecule has 1 saturated heterocycles. The number of sulfone groups is 1. The Labute approximate surface area is 179 Å². The molecule has 3 rings (SSSR count). The normalized spacial score (nSPS) is 16.5. The minimum atomic E-state index is -3.60. The van der Waals surface area contributed by atoms with Crippen LogP contribution >= 0.6 is 0 Å². The van der Waals surface area contributed by atoms with E-state index in [2.05, 4.69) is 12.1 Å². The molecule has 1 aliphatic rings. The molecule has 30 heavy (non-hydrogen) atoms. The lowest BCUT2D eigenvalue weighted by Gasteiger charge is -2.31. The van der Waals surface area contributed by atoms with E-state index in [1.54, 1.807) is 0 Å². The predicted molar refractivity (Wildman–Crippen MR) is 117 cm³/mol. The van der Waals surface area contributed by atoms with Crippen LogP contribution in [0.5, 0.6) is 5.75 Å². The molecule has 0 saturated carbocycles. The highest BCUT2D eigenvalue weighted by atomic mass is 32.2. The van der Waals surface area contributed by atoms with E-state index < -0.39 is 19.9 Å². The van der Waals surface area contributed by atoms with Crippen LogP contribution in [0.4, 0.5) is 0 Å². The summed E-state index contributed by atoms with van der Waals surface area (Å²) in [6.07, 6.45) is 4.77. The van der Waals surface area contributed by atoms with Gasteiger partial charge in [0.25, 0.3) is 0 Å². The van der Waals surface area contributed by atoms with Crippen LogP contribution in [0.3, 0.4) is 0 Å². The van der Waals surface area contributed by atoms with Crippen molar-refractivity contribution in [2.45, 2.75) is 42.4 Å². The minimum absolute atomic E-state index is 0.120. The molecule has 0 spiro atoms. The van der Waals surface area contributed by atoms with Crippen molar-refractivity contribution in [1.82, 2.24) is 4.31 Å². The molecule has 0 N–H and O–H groups in total. The Kier molecular flexibility index (Phi) is 7.21. The Morgan fingerprint density at radius 2 is 1.47 bits per heavy atom. The standard InChI is InChI=1S/C22H29NO5S2/c1-3-28-20-8-6-18(7-9-20)4-5-19-14-16-23(17-15-19)30(26,27)22-12-10-21(11-13-22)29(2,24)25/h6-13,19H,3-5,14-17H2,1-2H3. The molecular formula is C22H29NO5S2. The van der Waals surface area contributed by atoms with Crippen LogP contribution in [0, 0.1) is 5.92 Å². The number of hydrogen-bond donors (Lipinski definition) is 0. The third-order valence-corrected chi connectivity index (χ3v) is 8.58. The van der Waals surface area contributed by atoms with Gasteiger partial charge >= 0.3 is 0 Å². The van der Waals surface area contributed by atoms with Crippen molar-refractivity contribution in [2.24, 2.45) is 5.92 Å². The van der Waals surface area contributed by atoms with Crippen molar-refractivity contribution in [1.29, 1.82) is 0 Å². The molecule has 2 aromatic rings. The summed E-state index contributed by atoms with van der Waals surface area (Å²) in [5.74, 6) is 1.37. The summed E-state index contributed by atoms with van der Waals surface area (Å²) >= 11 is 0. The van der Waals surface area contributed by atoms with Gasteiger partial charge in [0.1, 0.15) is 5.75 Å². The molecule has 1 fully saturated rings. The fourth-order valence-electron chi connectivity index (χ4n) is 3.74. The van der Waals surface area contributed by atoms with Gasteiger partial charge in [-0.15, -0.1) is 0 Å². The smallest absolute Gasteiger partial charge is 0.243 e. The molecule has 6 nitrogen and oxygen atoms in total. The van der Waals surface area contributed by atoms with E-state index in [9.17, 15) is 16.8 Å². The molecule has 0 aliphatic carbocycles. The number of ether oxygens (including phenoxy) is 1. The largest absolute Gasteiger partial charge is 0.494 e. The van der Waals surface area contributed by atoms with Crippen LogP contribution in [0.1, 0.15) is 31.7 Å². The summed E-state index contributed by atoms with van der Waals surface area (Å²) in [7, 11) is -6.95. The van der Waals surface area contributed by atoms with E-state index >= 15 is 0 Å².